The van der Waals surface area contributed by atoms with Gasteiger partial charge in [0.05, 0.1) is 5.69 Å². The Hall–Kier alpha value is -0.610. The molecule has 4 heteroatoms. The van der Waals surface area contributed by atoms with Gasteiger partial charge in [-0.1, -0.05) is 20.8 Å². The van der Waals surface area contributed by atoms with Gasteiger partial charge >= 0.3 is 0 Å². The molecule has 0 unspecified atom stereocenters. The Balaban J connectivity index is 2.92. The third kappa shape index (κ3) is 4.46. The minimum absolute atomic E-state index is 0.495. The third-order valence-corrected chi connectivity index (χ3v) is 4.29. The summed E-state index contributed by atoms with van der Waals surface area (Å²) in [5.74, 6) is 0.495. The SMILES string of the molecule is CCCNCc1sc(N(CC)C(C)C)nc1C(C)C. The van der Waals surface area contributed by atoms with Crippen LogP contribution in [0, 0.1) is 0 Å². The zero-order valence-corrected chi connectivity index (χ0v) is 14.1. The summed E-state index contributed by atoms with van der Waals surface area (Å²) >= 11 is 1.85. The molecule has 1 rings (SSSR count). The van der Waals surface area contributed by atoms with Gasteiger partial charge in [-0.25, -0.2) is 4.98 Å². The molecular formula is C15H29N3S. The normalized spacial score (nSPS) is 11.6. The van der Waals surface area contributed by atoms with E-state index in [1.165, 1.54) is 22.1 Å². The highest BCUT2D eigenvalue weighted by Gasteiger charge is 2.18. The van der Waals surface area contributed by atoms with Gasteiger partial charge in [0, 0.05) is 24.0 Å². The van der Waals surface area contributed by atoms with Gasteiger partial charge in [-0.3, -0.25) is 0 Å². The van der Waals surface area contributed by atoms with Crippen molar-refractivity contribution in [3.63, 3.8) is 0 Å². The Morgan fingerprint density at radius 2 is 1.89 bits per heavy atom. The Morgan fingerprint density at radius 3 is 2.37 bits per heavy atom. The quantitative estimate of drug-likeness (QED) is 0.731. The van der Waals surface area contributed by atoms with E-state index in [4.69, 9.17) is 4.98 Å². The van der Waals surface area contributed by atoms with E-state index in [9.17, 15) is 0 Å². The number of anilines is 1. The highest BCUT2D eigenvalue weighted by molar-refractivity contribution is 7.15. The third-order valence-electron chi connectivity index (χ3n) is 3.19. The summed E-state index contributed by atoms with van der Waals surface area (Å²) in [7, 11) is 0. The van der Waals surface area contributed by atoms with E-state index in [-0.39, 0.29) is 0 Å². The molecule has 1 heterocycles. The van der Waals surface area contributed by atoms with Gasteiger partial charge in [-0.2, -0.15) is 0 Å². The van der Waals surface area contributed by atoms with Crippen LogP contribution in [0.2, 0.25) is 0 Å². The van der Waals surface area contributed by atoms with Crippen molar-refractivity contribution in [3.8, 4) is 0 Å². The summed E-state index contributed by atoms with van der Waals surface area (Å²) in [6.07, 6.45) is 1.18. The monoisotopic (exact) mass is 283 g/mol. The van der Waals surface area contributed by atoms with Crippen LogP contribution in [0.3, 0.4) is 0 Å². The van der Waals surface area contributed by atoms with E-state index in [0.29, 0.717) is 12.0 Å². The van der Waals surface area contributed by atoms with E-state index >= 15 is 0 Å². The first-order chi connectivity index (χ1) is 9.01. The minimum atomic E-state index is 0.495. The molecule has 19 heavy (non-hydrogen) atoms. The van der Waals surface area contributed by atoms with E-state index in [1.807, 2.05) is 11.3 Å². The maximum absolute atomic E-state index is 4.89. The zero-order valence-electron chi connectivity index (χ0n) is 13.3. The molecule has 0 fully saturated rings. The van der Waals surface area contributed by atoms with Gasteiger partial charge in [0.15, 0.2) is 5.13 Å². The van der Waals surface area contributed by atoms with Crippen LogP contribution in [0.1, 0.15) is 64.5 Å². The van der Waals surface area contributed by atoms with Crippen LogP contribution in [-0.2, 0) is 6.54 Å². The first kappa shape index (κ1) is 16.4. The molecule has 0 saturated heterocycles. The van der Waals surface area contributed by atoms with Crippen molar-refractivity contribution < 1.29 is 0 Å². The molecule has 110 valence electrons. The maximum Gasteiger partial charge on any atom is 0.186 e. The Labute approximate surface area is 122 Å². The summed E-state index contributed by atoms with van der Waals surface area (Å²) in [6.45, 7) is 16.4. The second-order valence-corrected chi connectivity index (χ2v) is 6.58. The van der Waals surface area contributed by atoms with Crippen molar-refractivity contribution in [3.05, 3.63) is 10.6 Å². The molecule has 0 saturated carbocycles. The summed E-state index contributed by atoms with van der Waals surface area (Å²) in [4.78, 5) is 8.66. The van der Waals surface area contributed by atoms with Crippen molar-refractivity contribution in [2.45, 2.75) is 66.5 Å². The molecule has 0 aliphatic heterocycles. The van der Waals surface area contributed by atoms with Gasteiger partial charge in [0.1, 0.15) is 0 Å². The van der Waals surface area contributed by atoms with Crippen LogP contribution in [0.5, 0.6) is 0 Å². The maximum atomic E-state index is 4.89. The zero-order chi connectivity index (χ0) is 14.4. The first-order valence-electron chi connectivity index (χ1n) is 7.48. The Bertz CT molecular complexity index is 371. The fourth-order valence-electron chi connectivity index (χ4n) is 2.15. The molecule has 0 atom stereocenters. The molecule has 0 aliphatic rings. The Kier molecular flexibility index (Phi) is 6.80. The summed E-state index contributed by atoms with van der Waals surface area (Å²) in [5, 5.41) is 4.67. The molecule has 1 aromatic heterocycles. The van der Waals surface area contributed by atoms with Crippen molar-refractivity contribution in [2.75, 3.05) is 18.0 Å². The number of hydrogen-bond acceptors (Lipinski definition) is 4. The second-order valence-electron chi connectivity index (χ2n) is 5.52. The van der Waals surface area contributed by atoms with Crippen molar-refractivity contribution in [1.82, 2.24) is 10.3 Å². The second kappa shape index (κ2) is 7.85. The van der Waals surface area contributed by atoms with Gasteiger partial charge < -0.3 is 10.2 Å². The molecule has 0 bridgehead atoms. The fraction of sp³-hybridized carbons (Fsp3) is 0.800. The molecule has 0 amide bonds. The van der Waals surface area contributed by atoms with E-state index < -0.39 is 0 Å². The van der Waals surface area contributed by atoms with Gasteiger partial charge in [-0.05, 0) is 39.7 Å². The van der Waals surface area contributed by atoms with Crippen LogP contribution < -0.4 is 10.2 Å². The largest absolute Gasteiger partial charge is 0.346 e. The number of nitrogens with one attached hydrogen (secondary N) is 1. The molecule has 0 radical (unpaired) electrons. The molecule has 0 spiro atoms. The number of aromatic nitrogens is 1. The molecular weight excluding hydrogens is 254 g/mol. The van der Waals surface area contributed by atoms with E-state index in [2.05, 4.69) is 51.8 Å². The van der Waals surface area contributed by atoms with Gasteiger partial charge in [0.2, 0.25) is 0 Å². The van der Waals surface area contributed by atoms with Crippen LogP contribution in [0.25, 0.3) is 0 Å². The van der Waals surface area contributed by atoms with E-state index in [0.717, 1.165) is 19.6 Å². The van der Waals surface area contributed by atoms with Crippen LogP contribution in [0.15, 0.2) is 0 Å². The lowest BCUT2D eigenvalue weighted by molar-refractivity contribution is 0.669. The predicted octanol–water partition coefficient (Wildman–Crippen LogP) is 4.00. The van der Waals surface area contributed by atoms with Crippen LogP contribution in [0.4, 0.5) is 5.13 Å². The lowest BCUT2D eigenvalue weighted by atomic mass is 10.1. The predicted molar refractivity (Wildman–Crippen MR) is 86.4 cm³/mol. The average Bonchev–Trinajstić information content (AvgIpc) is 2.74. The summed E-state index contributed by atoms with van der Waals surface area (Å²) in [6, 6.07) is 0.507. The average molecular weight is 283 g/mol. The highest BCUT2D eigenvalue weighted by Crippen LogP contribution is 2.31. The highest BCUT2D eigenvalue weighted by atomic mass is 32.1. The summed E-state index contributed by atoms with van der Waals surface area (Å²) in [5.41, 5.74) is 1.27. The van der Waals surface area contributed by atoms with Gasteiger partial charge in [-0.15, -0.1) is 11.3 Å². The van der Waals surface area contributed by atoms with E-state index in [1.54, 1.807) is 0 Å². The first-order valence-corrected chi connectivity index (χ1v) is 8.29. The van der Waals surface area contributed by atoms with Crippen molar-refractivity contribution in [2.24, 2.45) is 0 Å². The fourth-order valence-corrected chi connectivity index (χ4v) is 3.53. The van der Waals surface area contributed by atoms with Crippen LogP contribution in [-0.4, -0.2) is 24.1 Å². The molecule has 3 nitrogen and oxygen atoms in total. The molecule has 1 N–H and O–H groups in total. The number of nitrogens with zero attached hydrogens (tertiary/aromatic N) is 2. The lowest BCUT2D eigenvalue weighted by Gasteiger charge is -2.24. The topological polar surface area (TPSA) is 28.2 Å². The molecule has 0 aliphatic carbocycles. The molecule has 1 aromatic rings. The standard InChI is InChI=1S/C15H29N3S/c1-7-9-16-10-13-14(11(3)4)17-15(19-13)18(8-2)12(5)6/h11-12,16H,7-10H2,1-6H3. The molecule has 0 aromatic carbocycles. The van der Waals surface area contributed by atoms with Crippen molar-refractivity contribution >= 4 is 16.5 Å². The van der Waals surface area contributed by atoms with Crippen molar-refractivity contribution in [1.29, 1.82) is 0 Å². The number of rotatable bonds is 8. The number of thiazole rings is 1. The summed E-state index contributed by atoms with van der Waals surface area (Å²) < 4.78 is 0. The van der Waals surface area contributed by atoms with Gasteiger partial charge in [0.25, 0.3) is 0 Å². The smallest absolute Gasteiger partial charge is 0.186 e. The number of hydrogen-bond donors (Lipinski definition) is 1. The lowest BCUT2D eigenvalue weighted by Crippen LogP contribution is -2.30. The Morgan fingerprint density at radius 1 is 1.21 bits per heavy atom. The minimum Gasteiger partial charge on any atom is -0.346 e. The van der Waals surface area contributed by atoms with Crippen LogP contribution >= 0.6 is 11.3 Å².